The Morgan fingerprint density at radius 2 is 1.82 bits per heavy atom. The highest BCUT2D eigenvalue weighted by Gasteiger charge is 2.43. The fourth-order valence-electron chi connectivity index (χ4n) is 3.24. The number of benzene rings is 2. The normalized spacial score (nSPS) is 14.6. The number of ether oxygens (including phenoxy) is 2. The van der Waals surface area contributed by atoms with E-state index in [2.05, 4.69) is 61.9 Å². The van der Waals surface area contributed by atoms with Crippen LogP contribution in [0.3, 0.4) is 0 Å². The molecule has 0 radical (unpaired) electrons. The van der Waals surface area contributed by atoms with Crippen molar-refractivity contribution in [3.63, 3.8) is 0 Å². The van der Waals surface area contributed by atoms with Gasteiger partial charge in [-0.2, -0.15) is 0 Å². The van der Waals surface area contributed by atoms with Gasteiger partial charge in [-0.05, 0) is 52.0 Å². The Hall–Kier alpha value is -1.48. The molecule has 5 nitrogen and oxygen atoms in total. The molecule has 28 heavy (non-hydrogen) atoms. The first-order valence-corrected chi connectivity index (χ1v) is 9.81. The van der Waals surface area contributed by atoms with Gasteiger partial charge >= 0.3 is 0 Å². The molecule has 1 saturated carbocycles. The monoisotopic (exact) mass is 559 g/mol. The summed E-state index contributed by atoms with van der Waals surface area (Å²) in [7, 11) is 5.06. The second-order valence-corrected chi connectivity index (χ2v) is 7.59. The van der Waals surface area contributed by atoms with Crippen molar-refractivity contribution in [2.45, 2.75) is 24.8 Å². The van der Waals surface area contributed by atoms with E-state index in [0.717, 1.165) is 22.5 Å². The molecule has 7 heteroatoms. The van der Waals surface area contributed by atoms with Gasteiger partial charge in [0.2, 0.25) is 0 Å². The van der Waals surface area contributed by atoms with Crippen molar-refractivity contribution in [3.05, 3.63) is 58.1 Å². The number of rotatable bonds is 7. The molecule has 152 valence electrons. The van der Waals surface area contributed by atoms with Gasteiger partial charge in [0.05, 0.1) is 18.7 Å². The van der Waals surface area contributed by atoms with Crippen LogP contribution in [0, 0.1) is 0 Å². The van der Waals surface area contributed by atoms with Crippen molar-refractivity contribution in [3.8, 4) is 11.5 Å². The highest BCUT2D eigenvalue weighted by molar-refractivity contribution is 14.0. The van der Waals surface area contributed by atoms with E-state index in [1.165, 1.54) is 18.4 Å². The van der Waals surface area contributed by atoms with Crippen molar-refractivity contribution in [1.29, 1.82) is 0 Å². The number of nitrogens with zero attached hydrogens (tertiary/aromatic N) is 1. The van der Waals surface area contributed by atoms with Crippen LogP contribution in [0.5, 0.6) is 11.5 Å². The number of aliphatic imine (C=N–C) groups is 1. The molecule has 0 amide bonds. The summed E-state index contributed by atoms with van der Waals surface area (Å²) in [5.41, 5.74) is 2.72. The van der Waals surface area contributed by atoms with E-state index in [1.807, 2.05) is 12.1 Å². The van der Waals surface area contributed by atoms with Crippen LogP contribution in [-0.4, -0.2) is 33.8 Å². The zero-order valence-electron chi connectivity index (χ0n) is 16.4. The minimum atomic E-state index is 0. The summed E-state index contributed by atoms with van der Waals surface area (Å²) in [6, 6.07) is 14.7. The molecule has 0 unspecified atom stereocenters. The molecule has 0 atom stereocenters. The quantitative estimate of drug-likeness (QED) is 0.298. The lowest BCUT2D eigenvalue weighted by molar-refractivity contribution is 0.352. The second kappa shape index (κ2) is 10.3. The summed E-state index contributed by atoms with van der Waals surface area (Å²) in [5, 5.41) is 6.85. The molecular weight excluding hydrogens is 533 g/mol. The summed E-state index contributed by atoms with van der Waals surface area (Å²) < 4.78 is 11.6. The highest BCUT2D eigenvalue weighted by atomic mass is 127. The van der Waals surface area contributed by atoms with Crippen LogP contribution in [0.4, 0.5) is 0 Å². The van der Waals surface area contributed by atoms with E-state index < -0.39 is 0 Å². The van der Waals surface area contributed by atoms with Gasteiger partial charge in [0.1, 0.15) is 0 Å². The van der Waals surface area contributed by atoms with Gasteiger partial charge in [-0.15, -0.1) is 24.0 Å². The molecule has 1 fully saturated rings. The van der Waals surface area contributed by atoms with E-state index in [-0.39, 0.29) is 29.4 Å². The van der Waals surface area contributed by atoms with Crippen molar-refractivity contribution in [2.24, 2.45) is 4.99 Å². The molecule has 3 rings (SSSR count). The Balaban J connectivity index is 0.00000280. The zero-order chi connectivity index (χ0) is 19.3. The summed E-state index contributed by atoms with van der Waals surface area (Å²) >= 11 is 3.54. The van der Waals surface area contributed by atoms with Crippen LogP contribution in [-0.2, 0) is 12.0 Å². The Labute approximate surface area is 192 Å². The van der Waals surface area contributed by atoms with Crippen molar-refractivity contribution >= 4 is 45.9 Å². The number of halogens is 2. The standard InChI is InChI=1S/C21H26BrN3O2.HI/c1-23-20(25-14-21(9-10-21)16-7-5-4-6-8-16)24-13-15-11-17(22)19(27-3)18(12-15)26-2;/h4-8,11-12H,9-10,13-14H2,1-3H3,(H2,23,24,25);1H. The Bertz CT molecular complexity index is 811. The predicted octanol–water partition coefficient (Wildman–Crippen LogP) is 4.48. The molecular formula is C21H27BrIN3O2. The predicted molar refractivity (Wildman–Crippen MR) is 128 cm³/mol. The first kappa shape index (κ1) is 22.8. The average molecular weight is 560 g/mol. The Kier molecular flexibility index (Phi) is 8.42. The summed E-state index contributed by atoms with van der Waals surface area (Å²) in [6.07, 6.45) is 2.42. The maximum absolute atomic E-state index is 5.41. The van der Waals surface area contributed by atoms with Crippen LogP contribution in [0.25, 0.3) is 0 Å². The van der Waals surface area contributed by atoms with Crippen molar-refractivity contribution in [1.82, 2.24) is 10.6 Å². The fourth-order valence-corrected chi connectivity index (χ4v) is 3.89. The van der Waals surface area contributed by atoms with Crippen LogP contribution in [0.2, 0.25) is 0 Å². The minimum Gasteiger partial charge on any atom is -0.493 e. The third-order valence-electron chi connectivity index (χ3n) is 5.01. The maximum Gasteiger partial charge on any atom is 0.191 e. The van der Waals surface area contributed by atoms with Gasteiger partial charge in [-0.1, -0.05) is 30.3 Å². The third-order valence-corrected chi connectivity index (χ3v) is 5.60. The van der Waals surface area contributed by atoms with Gasteiger partial charge < -0.3 is 20.1 Å². The molecule has 2 aromatic carbocycles. The molecule has 1 aliphatic carbocycles. The van der Waals surface area contributed by atoms with Gasteiger partial charge in [0.15, 0.2) is 17.5 Å². The molecule has 0 saturated heterocycles. The number of guanidine groups is 1. The molecule has 0 aliphatic heterocycles. The highest BCUT2D eigenvalue weighted by Crippen LogP contribution is 2.47. The van der Waals surface area contributed by atoms with E-state index in [0.29, 0.717) is 18.0 Å². The SMILES string of the molecule is CN=C(NCc1cc(Br)c(OC)c(OC)c1)NCC1(c2ccccc2)CC1.I. The van der Waals surface area contributed by atoms with Crippen molar-refractivity contribution in [2.75, 3.05) is 27.8 Å². The fraction of sp³-hybridized carbons (Fsp3) is 0.381. The maximum atomic E-state index is 5.41. The van der Waals surface area contributed by atoms with Crippen LogP contribution in [0.1, 0.15) is 24.0 Å². The summed E-state index contributed by atoms with van der Waals surface area (Å²) in [6.45, 7) is 1.52. The van der Waals surface area contributed by atoms with E-state index in [9.17, 15) is 0 Å². The molecule has 1 aliphatic rings. The number of hydrogen-bond donors (Lipinski definition) is 2. The molecule has 0 spiro atoms. The summed E-state index contributed by atoms with van der Waals surface area (Å²) in [5.74, 6) is 2.19. The van der Waals surface area contributed by atoms with Crippen molar-refractivity contribution < 1.29 is 9.47 Å². The van der Waals surface area contributed by atoms with E-state index >= 15 is 0 Å². The van der Waals surface area contributed by atoms with Gasteiger partial charge in [0.25, 0.3) is 0 Å². The molecule has 2 N–H and O–H groups in total. The van der Waals surface area contributed by atoms with Gasteiger partial charge in [-0.3, -0.25) is 4.99 Å². The van der Waals surface area contributed by atoms with Crippen LogP contribution >= 0.6 is 39.9 Å². The first-order chi connectivity index (χ1) is 13.1. The molecule has 0 heterocycles. The zero-order valence-corrected chi connectivity index (χ0v) is 20.3. The average Bonchev–Trinajstić information content (AvgIpc) is 3.49. The van der Waals surface area contributed by atoms with Crippen LogP contribution in [0.15, 0.2) is 51.9 Å². The third kappa shape index (κ3) is 5.31. The van der Waals surface area contributed by atoms with Crippen LogP contribution < -0.4 is 20.1 Å². The largest absolute Gasteiger partial charge is 0.493 e. The Morgan fingerprint density at radius 1 is 1.11 bits per heavy atom. The van der Waals surface area contributed by atoms with Gasteiger partial charge in [-0.25, -0.2) is 0 Å². The lowest BCUT2D eigenvalue weighted by Gasteiger charge is -2.19. The molecule has 0 bridgehead atoms. The minimum absolute atomic E-state index is 0. The lowest BCUT2D eigenvalue weighted by atomic mass is 9.96. The number of hydrogen-bond acceptors (Lipinski definition) is 3. The lowest BCUT2D eigenvalue weighted by Crippen LogP contribution is -2.40. The molecule has 2 aromatic rings. The number of methoxy groups -OCH3 is 2. The van der Waals surface area contributed by atoms with E-state index in [4.69, 9.17) is 9.47 Å². The Morgan fingerprint density at radius 3 is 2.39 bits per heavy atom. The molecule has 0 aromatic heterocycles. The first-order valence-electron chi connectivity index (χ1n) is 9.02. The van der Waals surface area contributed by atoms with E-state index in [1.54, 1.807) is 21.3 Å². The number of nitrogens with one attached hydrogen (secondary N) is 2. The smallest absolute Gasteiger partial charge is 0.191 e. The second-order valence-electron chi connectivity index (χ2n) is 6.74. The topological polar surface area (TPSA) is 54.9 Å². The summed E-state index contributed by atoms with van der Waals surface area (Å²) in [4.78, 5) is 4.35. The van der Waals surface area contributed by atoms with Gasteiger partial charge in [0, 0.05) is 25.6 Å².